The summed E-state index contributed by atoms with van der Waals surface area (Å²) in [7, 11) is 0. The number of esters is 1. The Kier molecular flexibility index (Phi) is 10.6. The first-order valence-corrected chi connectivity index (χ1v) is 11.6. The molecular formula is C22H27NO6S2. The number of benzene rings is 2. The summed E-state index contributed by atoms with van der Waals surface area (Å²) in [6.07, 6.45) is 0.300. The highest BCUT2D eigenvalue weighted by molar-refractivity contribution is 7.98. The van der Waals surface area contributed by atoms with Gasteiger partial charge >= 0.3 is 12.1 Å². The average Bonchev–Trinajstić information content (AvgIpc) is 2.78. The number of aromatic hydroxyl groups is 1. The van der Waals surface area contributed by atoms with Crippen LogP contribution >= 0.6 is 24.4 Å². The number of thioether (sulfide) groups is 1. The fourth-order valence-electron chi connectivity index (χ4n) is 2.83. The molecule has 0 bridgehead atoms. The Morgan fingerprint density at radius 3 is 2.39 bits per heavy atom. The molecule has 168 valence electrons. The van der Waals surface area contributed by atoms with Crippen LogP contribution in [0.3, 0.4) is 0 Å². The third-order valence-corrected chi connectivity index (χ3v) is 5.31. The molecule has 2 aromatic carbocycles. The van der Waals surface area contributed by atoms with E-state index in [-0.39, 0.29) is 18.1 Å². The fraction of sp³-hybridized carbons (Fsp3) is 0.364. The predicted molar refractivity (Wildman–Crippen MR) is 124 cm³/mol. The number of amides is 1. The molecule has 0 aliphatic rings. The molecule has 7 nitrogen and oxygen atoms in total. The van der Waals surface area contributed by atoms with E-state index >= 15 is 0 Å². The van der Waals surface area contributed by atoms with E-state index in [4.69, 9.17) is 14.2 Å². The van der Waals surface area contributed by atoms with Crippen molar-refractivity contribution in [3.05, 3.63) is 54.1 Å². The number of ether oxygens (including phenoxy) is 3. The van der Waals surface area contributed by atoms with E-state index < -0.39 is 24.3 Å². The van der Waals surface area contributed by atoms with E-state index in [1.54, 1.807) is 36.0 Å². The Labute approximate surface area is 191 Å². The minimum atomic E-state index is -0.777. The average molecular weight is 466 g/mol. The van der Waals surface area contributed by atoms with Gasteiger partial charge in [0, 0.05) is 23.6 Å². The maximum Gasteiger partial charge on any atom is 0.412 e. The highest BCUT2D eigenvalue weighted by Crippen LogP contribution is 2.28. The summed E-state index contributed by atoms with van der Waals surface area (Å²) in [5, 5.41) is 12.3. The zero-order valence-corrected chi connectivity index (χ0v) is 19.2. The summed E-state index contributed by atoms with van der Waals surface area (Å²) < 4.78 is 16.6. The largest absolute Gasteiger partial charge is 0.508 e. The van der Waals surface area contributed by atoms with Crippen LogP contribution in [0.15, 0.2) is 53.4 Å². The van der Waals surface area contributed by atoms with Crippen LogP contribution in [0.2, 0.25) is 0 Å². The Hall–Kier alpha value is -2.36. The topological polar surface area (TPSA) is 94.1 Å². The van der Waals surface area contributed by atoms with E-state index in [1.165, 1.54) is 12.1 Å². The standard InChI is InChI=1S/C22H27NO6S2/c1-3-27-19(12-13-28-20(25)14-30)21(15-4-8-17(24)9-5-15)29-22(26)23-16-6-10-18(31-2)11-7-16/h4-11,19,21,24,30H,3,12-14H2,1-2H3,(H,23,26)/t19-,21-/m1/s1. The molecule has 2 rings (SSSR count). The first-order chi connectivity index (χ1) is 15.0. The highest BCUT2D eigenvalue weighted by Gasteiger charge is 2.28. The van der Waals surface area contributed by atoms with Crippen molar-refractivity contribution in [1.82, 2.24) is 0 Å². The first-order valence-electron chi connectivity index (χ1n) is 9.75. The van der Waals surface area contributed by atoms with Crippen LogP contribution in [0.25, 0.3) is 0 Å². The van der Waals surface area contributed by atoms with E-state index in [0.717, 1.165) is 4.90 Å². The van der Waals surface area contributed by atoms with Crippen LogP contribution in [-0.2, 0) is 19.0 Å². The van der Waals surface area contributed by atoms with Crippen LogP contribution in [0, 0.1) is 0 Å². The van der Waals surface area contributed by atoms with Crippen molar-refractivity contribution >= 4 is 42.1 Å². The molecule has 0 unspecified atom stereocenters. The minimum Gasteiger partial charge on any atom is -0.508 e. The van der Waals surface area contributed by atoms with Gasteiger partial charge in [0.25, 0.3) is 0 Å². The van der Waals surface area contributed by atoms with Gasteiger partial charge in [-0.05, 0) is 55.1 Å². The van der Waals surface area contributed by atoms with Crippen molar-refractivity contribution in [1.29, 1.82) is 0 Å². The van der Waals surface area contributed by atoms with Gasteiger partial charge in [-0.2, -0.15) is 12.6 Å². The predicted octanol–water partition coefficient (Wildman–Crippen LogP) is 4.67. The van der Waals surface area contributed by atoms with Crippen molar-refractivity contribution in [3.63, 3.8) is 0 Å². The normalized spacial score (nSPS) is 12.6. The van der Waals surface area contributed by atoms with Crippen molar-refractivity contribution in [2.75, 3.05) is 30.5 Å². The molecule has 0 aromatic heterocycles. The molecule has 2 aromatic rings. The van der Waals surface area contributed by atoms with E-state index in [9.17, 15) is 14.7 Å². The van der Waals surface area contributed by atoms with Gasteiger partial charge in [0.05, 0.1) is 12.4 Å². The molecule has 2 N–H and O–H groups in total. The number of hydrogen-bond donors (Lipinski definition) is 3. The molecule has 0 radical (unpaired) electrons. The van der Waals surface area contributed by atoms with Gasteiger partial charge in [-0.1, -0.05) is 12.1 Å². The molecule has 0 aliphatic heterocycles. The van der Waals surface area contributed by atoms with E-state index in [1.807, 2.05) is 25.3 Å². The Morgan fingerprint density at radius 2 is 1.81 bits per heavy atom. The van der Waals surface area contributed by atoms with Crippen LogP contribution < -0.4 is 5.32 Å². The number of carbonyl (C=O) groups excluding carboxylic acids is 2. The molecule has 9 heteroatoms. The molecule has 0 saturated heterocycles. The lowest BCUT2D eigenvalue weighted by atomic mass is 10.0. The highest BCUT2D eigenvalue weighted by atomic mass is 32.2. The minimum absolute atomic E-state index is 0.0189. The number of hydrogen-bond acceptors (Lipinski definition) is 8. The van der Waals surface area contributed by atoms with Crippen LogP contribution in [-0.4, -0.2) is 48.5 Å². The van der Waals surface area contributed by atoms with Gasteiger partial charge in [0.2, 0.25) is 0 Å². The third-order valence-electron chi connectivity index (χ3n) is 4.30. The van der Waals surface area contributed by atoms with Crippen molar-refractivity contribution < 1.29 is 28.9 Å². The summed E-state index contributed by atoms with van der Waals surface area (Å²) in [6, 6.07) is 13.7. The van der Waals surface area contributed by atoms with Gasteiger partial charge in [0.1, 0.15) is 11.9 Å². The number of phenolic OH excluding ortho intramolecular Hbond substituents is 1. The second kappa shape index (κ2) is 13.1. The van der Waals surface area contributed by atoms with Crippen LogP contribution in [0.1, 0.15) is 25.0 Å². The van der Waals surface area contributed by atoms with Crippen LogP contribution in [0.5, 0.6) is 5.75 Å². The molecule has 2 atom stereocenters. The monoisotopic (exact) mass is 465 g/mol. The lowest BCUT2D eigenvalue weighted by Crippen LogP contribution is -2.30. The number of carbonyl (C=O) groups is 2. The summed E-state index contributed by atoms with van der Waals surface area (Å²) in [5.41, 5.74) is 1.24. The Bertz CT molecular complexity index is 829. The molecule has 0 saturated carbocycles. The molecule has 0 spiro atoms. The van der Waals surface area contributed by atoms with Crippen molar-refractivity contribution in [3.8, 4) is 5.75 Å². The molecule has 0 aliphatic carbocycles. The molecular weight excluding hydrogens is 438 g/mol. The number of phenols is 1. The summed E-state index contributed by atoms with van der Waals surface area (Å²) in [4.78, 5) is 25.1. The van der Waals surface area contributed by atoms with Crippen LogP contribution in [0.4, 0.5) is 10.5 Å². The van der Waals surface area contributed by atoms with Gasteiger partial charge in [-0.3, -0.25) is 10.1 Å². The van der Waals surface area contributed by atoms with Crippen molar-refractivity contribution in [2.24, 2.45) is 0 Å². The Morgan fingerprint density at radius 1 is 1.13 bits per heavy atom. The van der Waals surface area contributed by atoms with Gasteiger partial charge in [0.15, 0.2) is 6.10 Å². The lowest BCUT2D eigenvalue weighted by Gasteiger charge is -2.27. The lowest BCUT2D eigenvalue weighted by molar-refractivity contribution is -0.142. The number of anilines is 1. The maximum atomic E-state index is 12.6. The quantitative estimate of drug-likeness (QED) is 0.252. The van der Waals surface area contributed by atoms with Gasteiger partial charge in [-0.15, -0.1) is 11.8 Å². The maximum absolute atomic E-state index is 12.6. The molecule has 31 heavy (non-hydrogen) atoms. The molecule has 0 heterocycles. The fourth-order valence-corrected chi connectivity index (χ4v) is 3.33. The summed E-state index contributed by atoms with van der Waals surface area (Å²) in [5.74, 6) is -0.363. The zero-order valence-electron chi connectivity index (χ0n) is 17.4. The third kappa shape index (κ3) is 8.35. The van der Waals surface area contributed by atoms with Gasteiger partial charge in [-0.25, -0.2) is 4.79 Å². The SMILES string of the molecule is CCO[C@H](CCOC(=O)CS)[C@H](OC(=O)Nc1ccc(SC)cc1)c1ccc(O)cc1. The number of nitrogens with one attached hydrogen (secondary N) is 1. The van der Waals surface area contributed by atoms with Crippen molar-refractivity contribution in [2.45, 2.75) is 30.4 Å². The first kappa shape index (κ1) is 24.9. The van der Waals surface area contributed by atoms with E-state index in [0.29, 0.717) is 24.3 Å². The summed E-state index contributed by atoms with van der Waals surface area (Å²) in [6.45, 7) is 2.30. The van der Waals surface area contributed by atoms with Gasteiger partial charge < -0.3 is 19.3 Å². The van der Waals surface area contributed by atoms with E-state index in [2.05, 4.69) is 17.9 Å². The molecule has 0 fully saturated rings. The smallest absolute Gasteiger partial charge is 0.412 e. The summed E-state index contributed by atoms with van der Waals surface area (Å²) >= 11 is 5.49. The Balaban J connectivity index is 2.15. The molecule has 1 amide bonds. The second-order valence-electron chi connectivity index (χ2n) is 6.43. The zero-order chi connectivity index (χ0) is 22.6. The number of thiol groups is 1. The second-order valence-corrected chi connectivity index (χ2v) is 7.63. The number of rotatable bonds is 11.